The topological polar surface area (TPSA) is 47.0 Å². The maximum absolute atomic E-state index is 5.54. The average Bonchev–Trinajstić information content (AvgIpc) is 2.51. The molecule has 0 radical (unpaired) electrons. The summed E-state index contributed by atoms with van der Waals surface area (Å²) in [5.41, 5.74) is -0.0617. The van der Waals surface area contributed by atoms with Crippen LogP contribution < -0.4 is 5.32 Å². The van der Waals surface area contributed by atoms with Gasteiger partial charge in [-0.15, -0.1) is 0 Å². The van der Waals surface area contributed by atoms with E-state index in [9.17, 15) is 0 Å². The van der Waals surface area contributed by atoms with Crippen LogP contribution in [0.2, 0.25) is 0 Å². The largest absolute Gasteiger partial charge is 0.376 e. The number of anilines is 1. The first kappa shape index (κ1) is 10.8. The van der Waals surface area contributed by atoms with Crippen molar-refractivity contribution in [2.24, 2.45) is 0 Å². The Labute approximate surface area is 97.6 Å². The number of ether oxygens (including phenoxy) is 1. The molecule has 0 bridgehead atoms. The highest BCUT2D eigenvalue weighted by Gasteiger charge is 2.37. The SMILES string of the molecule is C[C@@H]1OCC[C@@]1(C)Nc1ncc(Br)cn1. The molecule has 1 saturated heterocycles. The molecule has 1 N–H and O–H groups in total. The van der Waals surface area contributed by atoms with Gasteiger partial charge >= 0.3 is 0 Å². The zero-order valence-electron chi connectivity index (χ0n) is 8.83. The van der Waals surface area contributed by atoms with Crippen molar-refractivity contribution >= 4 is 21.9 Å². The molecule has 0 amide bonds. The van der Waals surface area contributed by atoms with Crippen molar-refractivity contribution in [2.45, 2.75) is 31.9 Å². The van der Waals surface area contributed by atoms with Crippen LogP contribution in [0.4, 0.5) is 5.95 Å². The predicted octanol–water partition coefficient (Wildman–Crippen LogP) is 2.22. The lowest BCUT2D eigenvalue weighted by molar-refractivity contribution is 0.105. The van der Waals surface area contributed by atoms with Gasteiger partial charge in [0.25, 0.3) is 0 Å². The van der Waals surface area contributed by atoms with Gasteiger partial charge in [-0.25, -0.2) is 9.97 Å². The van der Waals surface area contributed by atoms with Gasteiger partial charge in [-0.1, -0.05) is 0 Å². The Morgan fingerprint density at radius 2 is 2.20 bits per heavy atom. The second-order valence-electron chi connectivity index (χ2n) is 4.03. The minimum atomic E-state index is -0.0617. The third kappa shape index (κ3) is 2.29. The van der Waals surface area contributed by atoms with E-state index in [1.807, 2.05) is 0 Å². The van der Waals surface area contributed by atoms with Gasteiger partial charge in [0.1, 0.15) is 0 Å². The van der Waals surface area contributed by atoms with Gasteiger partial charge in [0, 0.05) is 19.0 Å². The van der Waals surface area contributed by atoms with Crippen LogP contribution in [0.3, 0.4) is 0 Å². The summed E-state index contributed by atoms with van der Waals surface area (Å²) in [6, 6.07) is 0. The molecule has 0 saturated carbocycles. The van der Waals surface area contributed by atoms with Gasteiger partial charge in [-0.2, -0.15) is 0 Å². The van der Waals surface area contributed by atoms with Crippen LogP contribution in [0.1, 0.15) is 20.3 Å². The highest BCUT2D eigenvalue weighted by Crippen LogP contribution is 2.28. The van der Waals surface area contributed by atoms with E-state index in [1.54, 1.807) is 12.4 Å². The highest BCUT2D eigenvalue weighted by atomic mass is 79.9. The van der Waals surface area contributed by atoms with Crippen LogP contribution in [0.5, 0.6) is 0 Å². The molecule has 15 heavy (non-hydrogen) atoms. The number of hydrogen-bond acceptors (Lipinski definition) is 4. The third-order valence-corrected chi connectivity index (χ3v) is 3.31. The van der Waals surface area contributed by atoms with Crippen molar-refractivity contribution in [3.63, 3.8) is 0 Å². The minimum absolute atomic E-state index is 0.0617. The van der Waals surface area contributed by atoms with Gasteiger partial charge in [0.15, 0.2) is 0 Å². The summed E-state index contributed by atoms with van der Waals surface area (Å²) in [7, 11) is 0. The Morgan fingerprint density at radius 1 is 1.53 bits per heavy atom. The lowest BCUT2D eigenvalue weighted by Crippen LogP contribution is -2.41. The van der Waals surface area contributed by atoms with Gasteiger partial charge in [0.2, 0.25) is 5.95 Å². The Morgan fingerprint density at radius 3 is 2.73 bits per heavy atom. The van der Waals surface area contributed by atoms with Crippen LogP contribution in [-0.2, 0) is 4.74 Å². The summed E-state index contributed by atoms with van der Waals surface area (Å²) in [4.78, 5) is 8.39. The van der Waals surface area contributed by atoms with Gasteiger partial charge < -0.3 is 10.1 Å². The smallest absolute Gasteiger partial charge is 0.223 e. The summed E-state index contributed by atoms with van der Waals surface area (Å²) in [5, 5.41) is 3.33. The molecule has 1 aromatic heterocycles. The second kappa shape index (κ2) is 4.06. The fourth-order valence-electron chi connectivity index (χ4n) is 1.63. The summed E-state index contributed by atoms with van der Waals surface area (Å²) >= 11 is 3.31. The van der Waals surface area contributed by atoms with Gasteiger partial charge in [-0.3, -0.25) is 0 Å². The van der Waals surface area contributed by atoms with Gasteiger partial charge in [-0.05, 0) is 36.2 Å². The predicted molar refractivity (Wildman–Crippen MR) is 61.8 cm³/mol. The first-order chi connectivity index (χ1) is 7.10. The highest BCUT2D eigenvalue weighted by molar-refractivity contribution is 9.10. The Balaban J connectivity index is 2.11. The number of nitrogens with one attached hydrogen (secondary N) is 1. The van der Waals surface area contributed by atoms with Crippen molar-refractivity contribution in [3.8, 4) is 0 Å². The maximum atomic E-state index is 5.54. The zero-order chi connectivity index (χ0) is 10.9. The van der Waals surface area contributed by atoms with Crippen molar-refractivity contribution in [1.82, 2.24) is 9.97 Å². The molecule has 0 spiro atoms. The zero-order valence-corrected chi connectivity index (χ0v) is 10.4. The van der Waals surface area contributed by atoms with Crippen LogP contribution in [-0.4, -0.2) is 28.2 Å². The number of nitrogens with zero attached hydrogens (tertiary/aromatic N) is 2. The molecule has 1 aliphatic heterocycles. The molecule has 0 aliphatic carbocycles. The first-order valence-corrected chi connectivity index (χ1v) is 5.77. The molecule has 0 unspecified atom stereocenters. The molecular formula is C10H14BrN3O. The minimum Gasteiger partial charge on any atom is -0.376 e. The Kier molecular flexibility index (Phi) is 2.93. The molecule has 2 rings (SSSR count). The van der Waals surface area contributed by atoms with E-state index in [0.717, 1.165) is 17.5 Å². The summed E-state index contributed by atoms with van der Waals surface area (Å²) in [5.74, 6) is 0.651. The van der Waals surface area contributed by atoms with Crippen molar-refractivity contribution < 1.29 is 4.74 Å². The second-order valence-corrected chi connectivity index (χ2v) is 4.95. The molecular weight excluding hydrogens is 258 g/mol. The Bertz CT molecular complexity index is 343. The lowest BCUT2D eigenvalue weighted by atomic mass is 9.95. The van der Waals surface area contributed by atoms with E-state index < -0.39 is 0 Å². The molecule has 1 fully saturated rings. The van der Waals surface area contributed by atoms with Gasteiger partial charge in [0.05, 0.1) is 16.1 Å². The van der Waals surface area contributed by atoms with E-state index in [-0.39, 0.29) is 11.6 Å². The fourth-order valence-corrected chi connectivity index (χ4v) is 1.84. The maximum Gasteiger partial charge on any atom is 0.223 e. The van der Waals surface area contributed by atoms with Crippen LogP contribution in [0.15, 0.2) is 16.9 Å². The van der Waals surface area contributed by atoms with E-state index in [4.69, 9.17) is 4.74 Å². The number of hydrogen-bond donors (Lipinski definition) is 1. The molecule has 5 heteroatoms. The quantitative estimate of drug-likeness (QED) is 0.896. The molecule has 82 valence electrons. The summed E-state index contributed by atoms with van der Waals surface area (Å²) in [6.45, 7) is 5.00. The van der Waals surface area contributed by atoms with Crippen LogP contribution >= 0.6 is 15.9 Å². The molecule has 1 aliphatic rings. The number of halogens is 1. The Hall–Kier alpha value is -0.680. The number of aromatic nitrogens is 2. The molecule has 1 aromatic rings. The van der Waals surface area contributed by atoms with E-state index >= 15 is 0 Å². The molecule has 0 aromatic carbocycles. The standard InChI is InChI=1S/C10H14BrN3O/c1-7-10(2,3-4-15-7)14-9-12-5-8(11)6-13-9/h5-7H,3-4H2,1-2H3,(H,12,13,14)/t7-,10+/m0/s1. The first-order valence-electron chi connectivity index (χ1n) is 4.97. The molecule has 2 heterocycles. The summed E-state index contributed by atoms with van der Waals surface area (Å²) in [6.07, 6.45) is 4.64. The van der Waals surface area contributed by atoms with Crippen molar-refractivity contribution in [3.05, 3.63) is 16.9 Å². The number of rotatable bonds is 2. The normalized spacial score (nSPS) is 30.5. The van der Waals surface area contributed by atoms with E-state index in [0.29, 0.717) is 5.95 Å². The third-order valence-electron chi connectivity index (χ3n) is 2.90. The summed E-state index contributed by atoms with van der Waals surface area (Å²) < 4.78 is 6.42. The van der Waals surface area contributed by atoms with Crippen molar-refractivity contribution in [2.75, 3.05) is 11.9 Å². The molecule has 2 atom stereocenters. The van der Waals surface area contributed by atoms with Crippen LogP contribution in [0, 0.1) is 0 Å². The fraction of sp³-hybridized carbons (Fsp3) is 0.600. The average molecular weight is 272 g/mol. The van der Waals surface area contributed by atoms with E-state index in [1.165, 1.54) is 0 Å². The lowest BCUT2D eigenvalue weighted by Gasteiger charge is -2.28. The molecule has 4 nitrogen and oxygen atoms in total. The van der Waals surface area contributed by atoms with Crippen molar-refractivity contribution in [1.29, 1.82) is 0 Å². The van der Waals surface area contributed by atoms with E-state index in [2.05, 4.69) is 45.1 Å². The monoisotopic (exact) mass is 271 g/mol. The van der Waals surface area contributed by atoms with Crippen LogP contribution in [0.25, 0.3) is 0 Å².